The van der Waals surface area contributed by atoms with Gasteiger partial charge in [0.25, 0.3) is 10.0 Å². The largest absolute Gasteiger partial charge is 0.456 e. The van der Waals surface area contributed by atoms with Crippen LogP contribution in [0.4, 0.5) is 0 Å². The zero-order chi connectivity index (χ0) is 15.6. The predicted octanol–water partition coefficient (Wildman–Crippen LogP) is 0.246. The number of sulfonamides is 1. The Kier molecular flexibility index (Phi) is 4.08. The van der Waals surface area contributed by atoms with Gasteiger partial charge >= 0.3 is 5.97 Å². The summed E-state index contributed by atoms with van der Waals surface area (Å²) in [5.74, 6) is -0.880. The van der Waals surface area contributed by atoms with Gasteiger partial charge in [-0.25, -0.2) is 13.2 Å². The third-order valence-electron chi connectivity index (χ3n) is 2.74. The first-order chi connectivity index (χ1) is 9.81. The zero-order valence-electron chi connectivity index (χ0n) is 11.5. The van der Waals surface area contributed by atoms with Crippen molar-refractivity contribution < 1.29 is 22.7 Å². The Morgan fingerprint density at radius 1 is 1.33 bits per heavy atom. The van der Waals surface area contributed by atoms with Gasteiger partial charge in [-0.3, -0.25) is 14.5 Å². The van der Waals surface area contributed by atoms with Crippen molar-refractivity contribution in [2.24, 2.45) is 4.99 Å². The number of ketones is 1. The molecule has 0 unspecified atom stereocenters. The molecule has 0 fully saturated rings. The minimum absolute atomic E-state index is 0.0953. The van der Waals surface area contributed by atoms with Gasteiger partial charge in [0.05, 0.1) is 4.90 Å². The number of esters is 1. The first-order valence-electron chi connectivity index (χ1n) is 6.17. The molecule has 0 aliphatic carbocycles. The molecule has 0 aromatic heterocycles. The van der Waals surface area contributed by atoms with E-state index < -0.39 is 22.0 Å². The molecule has 7 nitrogen and oxygen atoms in total. The Labute approximate surface area is 122 Å². The van der Waals surface area contributed by atoms with Crippen LogP contribution in [0.2, 0.25) is 0 Å². The Hall–Kier alpha value is -2.22. The third-order valence-corrected chi connectivity index (χ3v) is 4.14. The highest BCUT2D eigenvalue weighted by molar-refractivity contribution is 7.90. The molecule has 1 heterocycles. The maximum absolute atomic E-state index is 11.9. The quantitative estimate of drug-likeness (QED) is 0.803. The van der Waals surface area contributed by atoms with Crippen molar-refractivity contribution in [1.82, 2.24) is 4.72 Å². The summed E-state index contributed by atoms with van der Waals surface area (Å²) in [4.78, 5) is 26.6. The van der Waals surface area contributed by atoms with E-state index in [1.165, 1.54) is 19.9 Å². The van der Waals surface area contributed by atoms with Gasteiger partial charge in [-0.05, 0) is 26.0 Å². The van der Waals surface area contributed by atoms with Crippen LogP contribution < -0.4 is 4.72 Å². The van der Waals surface area contributed by atoms with Crippen LogP contribution in [0.3, 0.4) is 0 Å². The second-order valence-corrected chi connectivity index (χ2v) is 6.22. The van der Waals surface area contributed by atoms with Crippen molar-refractivity contribution in [3.63, 3.8) is 0 Å². The van der Waals surface area contributed by atoms with Crippen LogP contribution in [0, 0.1) is 0 Å². The van der Waals surface area contributed by atoms with Gasteiger partial charge in [-0.2, -0.15) is 0 Å². The van der Waals surface area contributed by atoms with E-state index >= 15 is 0 Å². The summed E-state index contributed by atoms with van der Waals surface area (Å²) < 4.78 is 30.8. The molecule has 8 heteroatoms. The van der Waals surface area contributed by atoms with Crippen LogP contribution in [0.5, 0.6) is 0 Å². The van der Waals surface area contributed by atoms with Gasteiger partial charge in [0, 0.05) is 5.56 Å². The Balaban J connectivity index is 2.23. The van der Waals surface area contributed by atoms with Crippen LogP contribution in [-0.4, -0.2) is 38.7 Å². The SMILES string of the molecule is CC(=O)COC(=O)[C@H](C)N=C1NS(=O)(=O)c2ccccc21. The minimum atomic E-state index is -3.64. The van der Waals surface area contributed by atoms with E-state index in [9.17, 15) is 18.0 Å². The monoisotopic (exact) mass is 310 g/mol. The summed E-state index contributed by atoms with van der Waals surface area (Å²) in [6.45, 7) is 2.44. The van der Waals surface area contributed by atoms with Crippen LogP contribution >= 0.6 is 0 Å². The number of nitrogens with zero attached hydrogens (tertiary/aromatic N) is 1. The molecule has 1 atom stereocenters. The highest BCUT2D eigenvalue weighted by Gasteiger charge is 2.31. The molecular weight excluding hydrogens is 296 g/mol. The molecule has 0 amide bonds. The highest BCUT2D eigenvalue weighted by Crippen LogP contribution is 2.22. The third kappa shape index (κ3) is 3.27. The van der Waals surface area contributed by atoms with Gasteiger partial charge < -0.3 is 4.74 Å². The summed E-state index contributed by atoms with van der Waals surface area (Å²) in [6, 6.07) is 5.41. The van der Waals surface area contributed by atoms with E-state index in [-0.39, 0.29) is 23.1 Å². The van der Waals surface area contributed by atoms with Crippen LogP contribution in [0.25, 0.3) is 0 Å². The first kappa shape index (κ1) is 15.2. The molecule has 0 spiro atoms. The summed E-state index contributed by atoms with van der Waals surface area (Å²) in [5, 5.41) is 0. The van der Waals surface area contributed by atoms with E-state index in [1.54, 1.807) is 18.2 Å². The fraction of sp³-hybridized carbons (Fsp3) is 0.308. The lowest BCUT2D eigenvalue weighted by Gasteiger charge is -2.07. The number of hydrogen-bond donors (Lipinski definition) is 1. The van der Waals surface area contributed by atoms with E-state index in [2.05, 4.69) is 9.71 Å². The van der Waals surface area contributed by atoms with E-state index in [0.29, 0.717) is 5.56 Å². The van der Waals surface area contributed by atoms with Gasteiger partial charge in [0.15, 0.2) is 5.78 Å². The number of amidine groups is 1. The molecule has 0 bridgehead atoms. The summed E-state index contributed by atoms with van der Waals surface area (Å²) in [5.41, 5.74) is 0.406. The lowest BCUT2D eigenvalue weighted by Crippen LogP contribution is -2.27. The molecule has 1 aromatic rings. The molecule has 2 rings (SSSR count). The first-order valence-corrected chi connectivity index (χ1v) is 7.65. The fourth-order valence-corrected chi connectivity index (χ4v) is 3.01. The second-order valence-electron chi connectivity index (χ2n) is 4.57. The summed E-state index contributed by atoms with van der Waals surface area (Å²) in [7, 11) is -3.64. The Morgan fingerprint density at radius 3 is 2.67 bits per heavy atom. The predicted molar refractivity (Wildman–Crippen MR) is 74.4 cm³/mol. The minimum Gasteiger partial charge on any atom is -0.456 e. The molecule has 1 aromatic carbocycles. The second kappa shape index (κ2) is 5.65. The van der Waals surface area contributed by atoms with Crippen LogP contribution in [-0.2, 0) is 24.3 Å². The number of carbonyl (C=O) groups excluding carboxylic acids is 2. The average molecular weight is 310 g/mol. The number of benzene rings is 1. The van der Waals surface area contributed by atoms with Gasteiger partial charge in [-0.15, -0.1) is 0 Å². The lowest BCUT2D eigenvalue weighted by atomic mass is 10.2. The van der Waals surface area contributed by atoms with E-state index in [0.717, 1.165) is 0 Å². The van der Waals surface area contributed by atoms with Crippen molar-refractivity contribution in [3.05, 3.63) is 29.8 Å². The summed E-state index contributed by atoms with van der Waals surface area (Å²) >= 11 is 0. The number of nitrogens with one attached hydrogen (secondary N) is 1. The normalized spacial score (nSPS) is 18.7. The number of rotatable bonds is 4. The number of fused-ring (bicyclic) bond motifs is 1. The molecule has 1 aliphatic heterocycles. The highest BCUT2D eigenvalue weighted by atomic mass is 32.2. The van der Waals surface area contributed by atoms with E-state index in [4.69, 9.17) is 4.74 Å². The van der Waals surface area contributed by atoms with Gasteiger partial charge in [0.1, 0.15) is 18.5 Å². The number of ether oxygens (including phenoxy) is 1. The maximum atomic E-state index is 11.9. The van der Waals surface area contributed by atoms with Crippen LogP contribution in [0.1, 0.15) is 19.4 Å². The number of hydrogen-bond acceptors (Lipinski definition) is 6. The lowest BCUT2D eigenvalue weighted by molar-refractivity contribution is -0.148. The summed E-state index contributed by atoms with van der Waals surface area (Å²) in [6.07, 6.45) is 0. The Bertz CT molecular complexity index is 724. The molecule has 0 saturated carbocycles. The Morgan fingerprint density at radius 2 is 2.00 bits per heavy atom. The van der Waals surface area contributed by atoms with Crippen molar-refractivity contribution in [2.75, 3.05) is 6.61 Å². The molecule has 21 heavy (non-hydrogen) atoms. The molecule has 0 radical (unpaired) electrons. The van der Waals surface area contributed by atoms with Gasteiger partial charge in [0.2, 0.25) is 0 Å². The zero-order valence-corrected chi connectivity index (χ0v) is 12.3. The number of Topliss-reactive ketones (excluding diaryl/α,β-unsaturated/α-hetero) is 1. The van der Waals surface area contributed by atoms with Crippen molar-refractivity contribution in [3.8, 4) is 0 Å². The fourth-order valence-electron chi connectivity index (χ4n) is 1.77. The smallest absolute Gasteiger partial charge is 0.331 e. The molecule has 112 valence electrons. The average Bonchev–Trinajstić information content (AvgIpc) is 2.68. The van der Waals surface area contributed by atoms with E-state index in [1.807, 2.05) is 0 Å². The molecular formula is C13H14N2O5S. The van der Waals surface area contributed by atoms with Crippen LogP contribution in [0.15, 0.2) is 34.2 Å². The molecule has 1 N–H and O–H groups in total. The number of aliphatic imine (C=N–C) groups is 1. The maximum Gasteiger partial charge on any atom is 0.331 e. The van der Waals surface area contributed by atoms with Crippen molar-refractivity contribution in [1.29, 1.82) is 0 Å². The number of carbonyl (C=O) groups is 2. The molecule has 0 saturated heterocycles. The molecule has 1 aliphatic rings. The van der Waals surface area contributed by atoms with Crippen molar-refractivity contribution in [2.45, 2.75) is 24.8 Å². The standard InChI is InChI=1S/C13H14N2O5S/c1-8(16)7-20-13(17)9(2)14-12-10-5-3-4-6-11(10)21(18,19)15-12/h3-6,9H,7H2,1-2H3,(H,14,15)/t9-/m0/s1. The van der Waals surface area contributed by atoms with Gasteiger partial charge in [-0.1, -0.05) is 12.1 Å². The topological polar surface area (TPSA) is 102 Å². The van der Waals surface area contributed by atoms with Crippen molar-refractivity contribution >= 4 is 27.6 Å².